The molecule has 0 bridgehead atoms. The summed E-state index contributed by atoms with van der Waals surface area (Å²) in [6, 6.07) is 0. The van der Waals surface area contributed by atoms with E-state index >= 15 is 0 Å². The minimum atomic E-state index is -1.28. The molecule has 1 heterocycles. The zero-order valence-electron chi connectivity index (χ0n) is 5.00. The van der Waals surface area contributed by atoms with Crippen molar-refractivity contribution < 1.29 is 16.1 Å². The molecule has 1 fully saturated rings. The van der Waals surface area contributed by atoms with Gasteiger partial charge in [0.25, 0.3) is 5.91 Å². The van der Waals surface area contributed by atoms with Gasteiger partial charge in [-0.1, -0.05) is 0 Å². The van der Waals surface area contributed by atoms with E-state index < -0.39 is 17.9 Å². The van der Waals surface area contributed by atoms with Gasteiger partial charge < -0.3 is 5.11 Å². The lowest BCUT2D eigenvalue weighted by molar-refractivity contribution is -0.127. The lowest BCUT2D eigenvalue weighted by atomic mass is 10.3. The van der Waals surface area contributed by atoms with Crippen LogP contribution in [0.1, 0.15) is 6.42 Å². The number of carbonyl (C=O) groups is 2. The van der Waals surface area contributed by atoms with Gasteiger partial charge in [0.05, 0.1) is 6.42 Å². The van der Waals surface area contributed by atoms with Crippen molar-refractivity contribution in [2.75, 3.05) is 0 Å². The fraction of sp³-hybridized carbons (Fsp3) is 0.500. The van der Waals surface area contributed by atoms with Crippen molar-refractivity contribution in [2.45, 2.75) is 12.5 Å². The molecule has 1 aliphatic heterocycles. The van der Waals surface area contributed by atoms with Crippen molar-refractivity contribution in [2.24, 2.45) is 0 Å². The van der Waals surface area contributed by atoms with Gasteiger partial charge in [0, 0.05) is 0 Å². The zero-order chi connectivity index (χ0) is 7.02. The Morgan fingerprint density at radius 3 is 2.62 bits per heavy atom. The number of aliphatic hydroxyl groups excluding tert-OH is 1. The van der Waals surface area contributed by atoms with E-state index in [4.69, 9.17) is 6.52 Å². The summed E-state index contributed by atoms with van der Waals surface area (Å²) in [5.74, 6) is -1.48. The van der Waals surface area contributed by atoms with Crippen LogP contribution in [0.4, 0.5) is 0 Å². The molecule has 1 rings (SSSR count). The topological polar surface area (TPSA) is 66.4 Å². The molecule has 4 nitrogen and oxygen atoms in total. The van der Waals surface area contributed by atoms with Gasteiger partial charge in [-0.25, -0.2) is 0 Å². The lowest BCUT2D eigenvalue weighted by Gasteiger charge is -1.88. The first-order chi connectivity index (χ1) is 4.13. The molecule has 0 spiro atoms. The number of aliphatic hydroxyl groups is 1. The Bertz CT molecular complexity index is 169. The van der Waals surface area contributed by atoms with Gasteiger partial charge in [0.15, 0.2) is 1.41 Å². The maximum absolute atomic E-state index is 10.4. The summed E-state index contributed by atoms with van der Waals surface area (Å²) in [6.07, 6.45) is -1.53. The van der Waals surface area contributed by atoms with Crippen LogP contribution in [-0.2, 0) is 9.59 Å². The molecule has 0 aliphatic carbocycles. The molecule has 0 aromatic rings. The smallest absolute Gasteiger partial charge is 0.255 e. The van der Waals surface area contributed by atoms with Crippen molar-refractivity contribution in [1.29, 1.82) is 0 Å². The first kappa shape index (κ1) is 4.03. The van der Waals surface area contributed by atoms with Crippen molar-refractivity contribution in [3.8, 4) is 0 Å². The predicted octanol–water partition coefficient (Wildman–Crippen LogP) is -1.61. The summed E-state index contributed by atoms with van der Waals surface area (Å²) in [6.45, 7) is 0. The van der Waals surface area contributed by atoms with Crippen LogP contribution in [0.15, 0.2) is 0 Å². The predicted molar refractivity (Wildman–Crippen MR) is 23.8 cm³/mol. The number of hydrogen-bond donors (Lipinski definition) is 2. The number of imide groups is 1. The van der Waals surface area contributed by atoms with Crippen LogP contribution in [-0.4, -0.2) is 23.0 Å². The van der Waals surface area contributed by atoms with Crippen molar-refractivity contribution in [3.05, 3.63) is 0 Å². The van der Waals surface area contributed by atoms with Crippen LogP contribution in [0.5, 0.6) is 0 Å². The van der Waals surface area contributed by atoms with E-state index in [2.05, 4.69) is 0 Å². The molecule has 2 amide bonds. The Kier molecular flexibility index (Phi) is 0.783. The number of amides is 2. The third-order valence-electron chi connectivity index (χ3n) is 0.888. The van der Waals surface area contributed by atoms with E-state index in [1.165, 1.54) is 0 Å². The van der Waals surface area contributed by atoms with E-state index in [1.807, 2.05) is 0 Å². The van der Waals surface area contributed by atoms with Gasteiger partial charge >= 0.3 is 0 Å². The van der Waals surface area contributed by atoms with E-state index in [9.17, 15) is 9.59 Å². The SMILES string of the molecule is [2H]N1C(=O)CC(O)C1=O. The van der Waals surface area contributed by atoms with Gasteiger partial charge in [-0.15, -0.1) is 0 Å². The van der Waals surface area contributed by atoms with Gasteiger partial charge in [0.2, 0.25) is 5.91 Å². The van der Waals surface area contributed by atoms with Gasteiger partial charge in [-0.05, 0) is 0 Å². The normalized spacial score (nSPS) is 31.4. The van der Waals surface area contributed by atoms with E-state index in [1.54, 1.807) is 0 Å². The molecule has 0 aromatic carbocycles. The second kappa shape index (κ2) is 1.56. The summed E-state index contributed by atoms with van der Waals surface area (Å²) in [4.78, 5) is 20.7. The lowest BCUT2D eigenvalue weighted by Crippen LogP contribution is -2.24. The molecule has 0 saturated carbocycles. The summed E-state index contributed by atoms with van der Waals surface area (Å²) < 4.78 is 6.65. The van der Waals surface area contributed by atoms with Gasteiger partial charge in [-0.2, -0.15) is 0 Å². The largest absolute Gasteiger partial charge is 0.383 e. The Morgan fingerprint density at radius 2 is 2.50 bits per heavy atom. The number of carbonyl (C=O) groups excluding carboxylic acids is 2. The molecule has 1 aliphatic rings. The average molecular weight is 116 g/mol. The van der Waals surface area contributed by atoms with Crippen molar-refractivity contribution >= 4 is 11.8 Å². The Balaban J connectivity index is 2.77. The van der Waals surface area contributed by atoms with Crippen LogP contribution in [0.2, 0.25) is 1.41 Å². The molecule has 1 unspecified atom stereocenters. The molecule has 1 atom stereocenters. The van der Waals surface area contributed by atoms with Crippen LogP contribution in [0.3, 0.4) is 0 Å². The second-order valence-electron chi connectivity index (χ2n) is 1.56. The first-order valence-corrected chi connectivity index (χ1v) is 2.16. The standard InChI is InChI=1S/C4H5NO3/c6-2-1-3(7)5-4(2)8/h2,6H,1H2,(H,5,7,8)/i/hD. The van der Waals surface area contributed by atoms with Gasteiger partial charge in [-0.3, -0.25) is 14.9 Å². The van der Waals surface area contributed by atoms with Crippen LogP contribution in [0, 0.1) is 0 Å². The summed E-state index contributed by atoms with van der Waals surface area (Å²) >= 11 is 0. The Hall–Kier alpha value is -0.900. The number of hydrogen-bond acceptors (Lipinski definition) is 3. The molecule has 0 radical (unpaired) electrons. The maximum atomic E-state index is 10.4. The highest BCUT2D eigenvalue weighted by atomic mass is 16.3. The van der Waals surface area contributed by atoms with E-state index in [0.717, 1.165) is 0 Å². The summed E-state index contributed by atoms with van der Waals surface area (Å²) in [5, 5.41) is 8.79. The molecule has 8 heavy (non-hydrogen) atoms. The zero-order valence-corrected chi connectivity index (χ0v) is 4.00. The Labute approximate surface area is 47.0 Å². The highest BCUT2D eigenvalue weighted by Crippen LogP contribution is 1.98. The Morgan fingerprint density at radius 1 is 1.88 bits per heavy atom. The highest BCUT2D eigenvalue weighted by molar-refractivity contribution is 6.04. The summed E-state index contributed by atoms with van der Waals surface area (Å²) in [7, 11) is 0. The minimum Gasteiger partial charge on any atom is -0.383 e. The molecule has 4 heteroatoms. The summed E-state index contributed by atoms with van der Waals surface area (Å²) in [5.41, 5.74) is 0. The van der Waals surface area contributed by atoms with Crippen LogP contribution >= 0.6 is 0 Å². The molecule has 44 valence electrons. The van der Waals surface area contributed by atoms with Crippen LogP contribution < -0.4 is 5.31 Å². The molecular formula is C4H5NO3. The molecular weight excluding hydrogens is 110 g/mol. The fourth-order valence-electron chi connectivity index (χ4n) is 0.496. The van der Waals surface area contributed by atoms with Crippen molar-refractivity contribution in [1.82, 2.24) is 5.31 Å². The quantitative estimate of drug-likeness (QED) is 0.374. The maximum Gasteiger partial charge on any atom is 0.255 e. The van der Waals surface area contributed by atoms with Crippen molar-refractivity contribution in [3.63, 3.8) is 0 Å². The average Bonchev–Trinajstić information content (AvgIpc) is 1.98. The van der Waals surface area contributed by atoms with E-state index in [0.29, 0.717) is 0 Å². The first-order valence-electron chi connectivity index (χ1n) is 2.61. The van der Waals surface area contributed by atoms with E-state index in [-0.39, 0.29) is 11.7 Å². The molecule has 1 saturated heterocycles. The molecule has 2 N–H and O–H groups in total. The molecule has 0 aromatic heterocycles. The number of rotatable bonds is 0. The fourth-order valence-corrected chi connectivity index (χ4v) is 0.496. The second-order valence-corrected chi connectivity index (χ2v) is 1.56. The third-order valence-corrected chi connectivity index (χ3v) is 0.888. The number of nitrogens with one attached hydrogen (secondary N) is 1. The van der Waals surface area contributed by atoms with Gasteiger partial charge in [0.1, 0.15) is 6.10 Å². The third kappa shape index (κ3) is 0.696. The minimum absolute atomic E-state index is 0.185. The highest BCUT2D eigenvalue weighted by Gasteiger charge is 2.27. The monoisotopic (exact) mass is 116 g/mol. The van der Waals surface area contributed by atoms with Crippen LogP contribution in [0.25, 0.3) is 0 Å².